The highest BCUT2D eigenvalue weighted by atomic mass is 31.1. The smallest absolute Gasteiger partial charge is 0.00644 e. The van der Waals surface area contributed by atoms with Gasteiger partial charge in [-0.2, -0.15) is 0 Å². The van der Waals surface area contributed by atoms with Gasteiger partial charge in [0.2, 0.25) is 0 Å². The first-order chi connectivity index (χ1) is 19.8. The Morgan fingerprint density at radius 2 is 0.575 bits per heavy atom. The molecule has 0 spiro atoms. The van der Waals surface area contributed by atoms with Crippen molar-refractivity contribution in [3.8, 4) is 0 Å². The van der Waals surface area contributed by atoms with Gasteiger partial charge in [0.1, 0.15) is 0 Å². The summed E-state index contributed by atoms with van der Waals surface area (Å²) in [5.41, 5.74) is 1.76. The van der Waals surface area contributed by atoms with E-state index in [1.807, 2.05) is 12.1 Å². The molecule has 194 valence electrons. The first-order valence-corrected chi connectivity index (χ1v) is 16.0. The summed E-state index contributed by atoms with van der Waals surface area (Å²) in [7, 11) is -1.76. The van der Waals surface area contributed by atoms with E-state index >= 15 is 0 Å². The van der Waals surface area contributed by atoms with Gasteiger partial charge >= 0.3 is 0 Å². The van der Waals surface area contributed by atoms with Crippen LogP contribution in [0.1, 0.15) is 11.1 Å². The predicted octanol–water partition coefficient (Wildman–Crippen LogP) is 6.50. The number of hydrogen-bond donors (Lipinski definition) is 1. The van der Waals surface area contributed by atoms with Crippen molar-refractivity contribution in [3.05, 3.63) is 187 Å². The van der Waals surface area contributed by atoms with Crippen molar-refractivity contribution in [2.45, 2.75) is 0 Å². The normalized spacial score (nSPS) is 11.1. The number of benzene rings is 6. The number of rotatable bonds is 8. The number of hydrogen-bond acceptors (Lipinski definition) is 1. The van der Waals surface area contributed by atoms with E-state index in [9.17, 15) is 5.11 Å². The van der Waals surface area contributed by atoms with Gasteiger partial charge in [-0.15, -0.1) is 12.1 Å². The second-order valence-electron chi connectivity index (χ2n) is 9.40. The van der Waals surface area contributed by atoms with Crippen LogP contribution in [0.2, 0.25) is 0 Å². The Balaban J connectivity index is 1.51. The average molecular weight is 552 g/mol. The fraction of sp³-hybridized carbons (Fsp3) is 0. The van der Waals surface area contributed by atoms with Crippen molar-refractivity contribution in [1.82, 2.24) is 0 Å². The minimum Gasteiger partial charge on any atom is -0.398 e. The van der Waals surface area contributed by atoms with Crippen molar-refractivity contribution < 1.29 is 5.11 Å². The third-order valence-electron chi connectivity index (χ3n) is 6.86. The fourth-order valence-electron chi connectivity index (χ4n) is 5.05. The quantitative estimate of drug-likeness (QED) is 0.169. The van der Waals surface area contributed by atoms with E-state index in [-0.39, 0.29) is 0 Å². The zero-order valence-corrected chi connectivity index (χ0v) is 23.8. The molecule has 0 bridgehead atoms. The molecule has 0 aliphatic carbocycles. The molecule has 6 rings (SSSR count). The van der Waals surface area contributed by atoms with Gasteiger partial charge in [-0.25, -0.2) is 0 Å². The van der Waals surface area contributed by atoms with E-state index in [0.717, 1.165) is 21.7 Å². The lowest BCUT2D eigenvalue weighted by Gasteiger charge is -2.32. The zero-order valence-electron chi connectivity index (χ0n) is 22.0. The predicted molar refractivity (Wildman–Crippen MR) is 174 cm³/mol. The Morgan fingerprint density at radius 1 is 0.325 bits per heavy atom. The lowest BCUT2D eigenvalue weighted by molar-refractivity contribution is 0.358. The van der Waals surface area contributed by atoms with Crippen molar-refractivity contribution in [2.75, 3.05) is 0 Å². The molecule has 40 heavy (non-hydrogen) atoms. The van der Waals surface area contributed by atoms with Crippen LogP contribution in [0.15, 0.2) is 170 Å². The van der Waals surface area contributed by atoms with Crippen LogP contribution in [0.25, 0.3) is 0 Å². The summed E-state index contributed by atoms with van der Waals surface area (Å²) in [5.74, 6) is 0. The maximum Gasteiger partial charge on any atom is 0.00644 e. The summed E-state index contributed by atoms with van der Waals surface area (Å²) in [5, 5.41) is 19.5. The molecule has 1 nitrogen and oxygen atoms in total. The van der Waals surface area contributed by atoms with E-state index in [2.05, 4.69) is 158 Å². The van der Waals surface area contributed by atoms with Gasteiger partial charge in [0, 0.05) is 6.10 Å². The van der Waals surface area contributed by atoms with Gasteiger partial charge in [0.05, 0.1) is 0 Å². The molecule has 0 unspecified atom stereocenters. The maximum atomic E-state index is 12.2. The minimum absolute atomic E-state index is 0.324. The first kappa shape index (κ1) is 26.2. The zero-order chi connectivity index (χ0) is 27.1. The second-order valence-corrected chi connectivity index (χ2v) is 13.8. The highest BCUT2D eigenvalue weighted by Crippen LogP contribution is 2.39. The summed E-state index contributed by atoms with van der Waals surface area (Å²) < 4.78 is 0. The van der Waals surface area contributed by atoms with Gasteiger partial charge in [0.15, 0.2) is 0 Å². The van der Waals surface area contributed by atoms with Crippen molar-refractivity contribution in [1.29, 1.82) is 0 Å². The van der Waals surface area contributed by atoms with Gasteiger partial charge in [-0.05, 0) is 37.1 Å². The third-order valence-corrected chi connectivity index (χ3v) is 11.9. The van der Waals surface area contributed by atoms with Crippen LogP contribution in [0.4, 0.5) is 0 Å². The van der Waals surface area contributed by atoms with Crippen LogP contribution in [0, 0.1) is 6.10 Å². The molecule has 0 radical (unpaired) electrons. The van der Waals surface area contributed by atoms with Crippen LogP contribution in [0.3, 0.4) is 0 Å². The molecule has 0 heterocycles. The van der Waals surface area contributed by atoms with E-state index in [1.54, 1.807) is 0 Å². The molecule has 0 aromatic heterocycles. The topological polar surface area (TPSA) is 20.2 Å². The summed E-state index contributed by atoms with van der Waals surface area (Å²) in [6.45, 7) is 0. The van der Waals surface area contributed by atoms with Crippen molar-refractivity contribution >= 4 is 47.7 Å². The van der Waals surface area contributed by atoms with Crippen LogP contribution in [-0.4, -0.2) is 5.11 Å². The molecule has 1 N–H and O–H groups in total. The highest BCUT2D eigenvalue weighted by molar-refractivity contribution is 7.80. The monoisotopic (exact) mass is 551 g/mol. The largest absolute Gasteiger partial charge is 0.398 e. The van der Waals surface area contributed by atoms with E-state index in [0.29, 0.717) is 6.10 Å². The lowest BCUT2D eigenvalue weighted by Crippen LogP contribution is -2.28. The van der Waals surface area contributed by atoms with E-state index in [1.165, 1.54) is 21.2 Å². The van der Waals surface area contributed by atoms with Crippen LogP contribution in [-0.2, 0) is 0 Å². The van der Waals surface area contributed by atoms with E-state index < -0.39 is 15.8 Å². The molecule has 0 fully saturated rings. The second kappa shape index (κ2) is 12.5. The van der Waals surface area contributed by atoms with Gasteiger partial charge < -0.3 is 5.11 Å². The molecular weight excluding hydrogens is 522 g/mol. The SMILES string of the molecule is O[C-](c1ccccc1P(c1ccccc1)c1ccccc1)c1ccccc1P(c1ccccc1)c1ccccc1. The standard InChI is InChI=1S/C37H29OP2/c38-37(33-25-13-15-27-35(33)39(29-17-5-1-6-18-29)30-19-7-2-8-20-30)34-26-14-16-28-36(34)40(31-21-9-3-10-22-31)32-23-11-4-12-24-32/h1-28,38H/q-1. The van der Waals surface area contributed by atoms with Gasteiger partial charge in [0.25, 0.3) is 0 Å². The minimum atomic E-state index is -0.878. The Bertz CT molecular complexity index is 1450. The van der Waals surface area contributed by atoms with E-state index in [4.69, 9.17) is 0 Å². The van der Waals surface area contributed by atoms with Crippen molar-refractivity contribution in [3.63, 3.8) is 0 Å². The molecule has 0 amide bonds. The molecule has 0 aliphatic heterocycles. The molecule has 6 aromatic carbocycles. The Labute approximate surface area is 239 Å². The Morgan fingerprint density at radius 3 is 0.875 bits per heavy atom. The molecule has 3 heteroatoms. The Kier molecular flexibility index (Phi) is 8.17. The molecule has 0 saturated heterocycles. The summed E-state index contributed by atoms with van der Waals surface area (Å²) in [4.78, 5) is 0. The Hall–Kier alpha value is -3.99. The molecule has 6 aromatic rings. The number of aliphatic hydroxyl groups excluding tert-OH is 1. The first-order valence-electron chi connectivity index (χ1n) is 13.4. The molecule has 0 aliphatic rings. The van der Waals surface area contributed by atoms with Crippen LogP contribution >= 0.6 is 15.8 Å². The summed E-state index contributed by atoms with van der Waals surface area (Å²) >= 11 is 0. The molecule has 0 saturated carbocycles. The molecular formula is C37H29OP2-. The fourth-order valence-corrected chi connectivity index (χ4v) is 9.95. The average Bonchev–Trinajstić information content (AvgIpc) is 3.04. The molecule has 0 atom stereocenters. The maximum absolute atomic E-state index is 12.2. The van der Waals surface area contributed by atoms with Crippen molar-refractivity contribution in [2.24, 2.45) is 0 Å². The van der Waals surface area contributed by atoms with Gasteiger partial charge in [-0.1, -0.05) is 179 Å². The highest BCUT2D eigenvalue weighted by Gasteiger charge is 2.22. The van der Waals surface area contributed by atoms with Gasteiger partial charge in [-0.3, -0.25) is 0 Å². The van der Waals surface area contributed by atoms with Crippen LogP contribution < -0.4 is 31.8 Å². The lowest BCUT2D eigenvalue weighted by atomic mass is 10.0. The third kappa shape index (κ3) is 5.51. The summed E-state index contributed by atoms with van der Waals surface area (Å²) in [6.07, 6.45) is 0.324. The number of aliphatic hydroxyl groups is 1. The summed E-state index contributed by atoms with van der Waals surface area (Å²) in [6, 6.07) is 59.3. The van der Waals surface area contributed by atoms with Crippen LogP contribution in [0.5, 0.6) is 0 Å².